The maximum atomic E-state index is 11.9. The molecule has 0 fully saturated rings. The average Bonchev–Trinajstić information content (AvgIpc) is 2.09. The molecular weight excluding hydrogens is 259 g/mol. The van der Waals surface area contributed by atoms with Crippen molar-refractivity contribution in [2.45, 2.75) is 45.0 Å². The second-order valence-electron chi connectivity index (χ2n) is 4.11. The topological polar surface area (TPSA) is 63.2 Å². The lowest BCUT2D eigenvalue weighted by Crippen LogP contribution is -2.40. The lowest BCUT2D eigenvalue weighted by Gasteiger charge is -2.09. The summed E-state index contributed by atoms with van der Waals surface area (Å²) in [6.45, 7) is 3.96. The first-order chi connectivity index (χ1) is 7.56. The number of carbonyl (C=O) groups excluding carboxylic acids is 1. The normalized spacial score (nSPS) is 12.8. The molecule has 0 aromatic heterocycles. The first kappa shape index (κ1) is 16.2. The van der Waals surface area contributed by atoms with Crippen molar-refractivity contribution in [2.75, 3.05) is 0 Å². The first-order valence-electron chi connectivity index (χ1n) is 5.18. The highest BCUT2D eigenvalue weighted by Crippen LogP contribution is 2.21. The van der Waals surface area contributed by atoms with E-state index < -0.39 is 21.4 Å². The molecular formula is C9H16F3NO3S. The van der Waals surface area contributed by atoms with Gasteiger partial charge in [0.15, 0.2) is 0 Å². The molecule has 1 N–H and O–H groups in total. The third-order valence-corrected chi connectivity index (χ3v) is 3.09. The maximum absolute atomic E-state index is 11.9. The van der Waals surface area contributed by atoms with Crippen LogP contribution in [-0.2, 0) is 14.8 Å². The van der Waals surface area contributed by atoms with Gasteiger partial charge in [-0.1, -0.05) is 26.7 Å². The summed E-state index contributed by atoms with van der Waals surface area (Å²) >= 11 is 0. The summed E-state index contributed by atoms with van der Waals surface area (Å²) in [4.78, 5) is 11.0. The molecule has 0 atom stereocenters. The van der Waals surface area contributed by atoms with Gasteiger partial charge in [0, 0.05) is 6.42 Å². The van der Waals surface area contributed by atoms with Crippen LogP contribution in [0, 0.1) is 5.92 Å². The molecule has 0 heterocycles. The molecule has 8 heteroatoms. The van der Waals surface area contributed by atoms with Crippen LogP contribution in [0.25, 0.3) is 0 Å². The molecule has 17 heavy (non-hydrogen) atoms. The van der Waals surface area contributed by atoms with E-state index in [0.29, 0.717) is 18.8 Å². The van der Waals surface area contributed by atoms with E-state index in [4.69, 9.17) is 0 Å². The Kier molecular flexibility index (Phi) is 5.94. The standard InChI is InChI=1S/C9H16F3NO3S/c1-7(2)5-3-4-6-8(14)13-17(15,16)9(10,11)12/h7H,3-6H2,1-2H3,(H,13,14). The van der Waals surface area contributed by atoms with Crippen LogP contribution in [0.4, 0.5) is 13.2 Å². The fraction of sp³-hybridized carbons (Fsp3) is 0.889. The van der Waals surface area contributed by atoms with Gasteiger partial charge < -0.3 is 0 Å². The van der Waals surface area contributed by atoms with E-state index in [0.717, 1.165) is 11.1 Å². The zero-order valence-corrected chi connectivity index (χ0v) is 10.5. The highest BCUT2D eigenvalue weighted by atomic mass is 32.2. The van der Waals surface area contributed by atoms with Gasteiger partial charge in [0.2, 0.25) is 5.91 Å². The summed E-state index contributed by atoms with van der Waals surface area (Å²) in [6, 6.07) is 0. The molecule has 0 saturated heterocycles. The molecule has 0 aliphatic heterocycles. The van der Waals surface area contributed by atoms with Gasteiger partial charge in [-0.15, -0.1) is 0 Å². The molecule has 0 saturated carbocycles. The smallest absolute Gasteiger partial charge is 0.274 e. The highest BCUT2D eigenvalue weighted by Gasteiger charge is 2.46. The van der Waals surface area contributed by atoms with E-state index in [-0.39, 0.29) is 6.42 Å². The molecule has 0 aliphatic rings. The van der Waals surface area contributed by atoms with Gasteiger partial charge in [-0.3, -0.25) is 4.79 Å². The Balaban J connectivity index is 4.04. The first-order valence-corrected chi connectivity index (χ1v) is 6.66. The van der Waals surface area contributed by atoms with Gasteiger partial charge in [0.25, 0.3) is 0 Å². The Labute approximate surface area is 98.6 Å². The van der Waals surface area contributed by atoms with E-state index in [1.807, 2.05) is 13.8 Å². The number of amides is 1. The fourth-order valence-electron chi connectivity index (χ4n) is 1.10. The predicted molar refractivity (Wildman–Crippen MR) is 56.4 cm³/mol. The number of sulfonamides is 1. The Morgan fingerprint density at radius 2 is 1.76 bits per heavy atom. The SMILES string of the molecule is CC(C)CCCCC(=O)NS(=O)(=O)C(F)(F)F. The number of nitrogens with one attached hydrogen (secondary N) is 1. The summed E-state index contributed by atoms with van der Waals surface area (Å²) < 4.78 is 57.7. The van der Waals surface area contributed by atoms with Crippen LogP contribution in [0.1, 0.15) is 39.5 Å². The van der Waals surface area contributed by atoms with Gasteiger partial charge >= 0.3 is 15.5 Å². The molecule has 0 bridgehead atoms. The van der Waals surface area contributed by atoms with Crippen molar-refractivity contribution < 1.29 is 26.4 Å². The van der Waals surface area contributed by atoms with Crippen molar-refractivity contribution in [1.29, 1.82) is 0 Å². The zero-order valence-electron chi connectivity index (χ0n) is 9.67. The molecule has 0 aromatic rings. The number of unbranched alkanes of at least 4 members (excludes halogenated alkanes) is 1. The Hall–Kier alpha value is -0.790. The van der Waals surface area contributed by atoms with Crippen LogP contribution in [0.3, 0.4) is 0 Å². The Morgan fingerprint density at radius 1 is 1.24 bits per heavy atom. The third-order valence-electron chi connectivity index (χ3n) is 1.99. The number of carbonyl (C=O) groups is 1. The van der Waals surface area contributed by atoms with Crippen LogP contribution in [-0.4, -0.2) is 19.8 Å². The maximum Gasteiger partial charge on any atom is 0.516 e. The minimum absolute atomic E-state index is 0.220. The minimum Gasteiger partial charge on any atom is -0.274 e. The van der Waals surface area contributed by atoms with E-state index in [1.165, 1.54) is 0 Å². The average molecular weight is 275 g/mol. The monoisotopic (exact) mass is 275 g/mol. The largest absolute Gasteiger partial charge is 0.516 e. The number of hydrogen-bond acceptors (Lipinski definition) is 3. The molecule has 0 unspecified atom stereocenters. The quantitative estimate of drug-likeness (QED) is 0.756. The van der Waals surface area contributed by atoms with Crippen LogP contribution < -0.4 is 4.72 Å². The lowest BCUT2D eigenvalue weighted by atomic mass is 10.1. The summed E-state index contributed by atoms with van der Waals surface area (Å²) in [5, 5.41) is 0. The van der Waals surface area contributed by atoms with E-state index in [9.17, 15) is 26.4 Å². The van der Waals surface area contributed by atoms with Crippen LogP contribution in [0.2, 0.25) is 0 Å². The number of alkyl halides is 3. The van der Waals surface area contributed by atoms with Crippen molar-refractivity contribution in [3.8, 4) is 0 Å². The predicted octanol–water partition coefficient (Wildman–Crippen LogP) is 2.17. The molecule has 0 radical (unpaired) electrons. The van der Waals surface area contributed by atoms with E-state index in [2.05, 4.69) is 0 Å². The Bertz CT molecular complexity index is 349. The van der Waals surface area contributed by atoms with Gasteiger partial charge in [-0.25, -0.2) is 4.72 Å². The van der Waals surface area contributed by atoms with Crippen molar-refractivity contribution in [3.05, 3.63) is 0 Å². The van der Waals surface area contributed by atoms with E-state index >= 15 is 0 Å². The van der Waals surface area contributed by atoms with Crippen LogP contribution >= 0.6 is 0 Å². The number of halogens is 3. The third kappa shape index (κ3) is 6.50. The summed E-state index contributed by atoms with van der Waals surface area (Å²) in [5.41, 5.74) is -5.44. The fourth-order valence-corrected chi connectivity index (χ4v) is 1.61. The van der Waals surface area contributed by atoms with Crippen LogP contribution in [0.5, 0.6) is 0 Å². The second kappa shape index (κ2) is 6.23. The molecule has 0 aliphatic carbocycles. The number of rotatable bonds is 6. The molecule has 1 amide bonds. The molecule has 4 nitrogen and oxygen atoms in total. The zero-order chi connectivity index (χ0) is 13.7. The van der Waals surface area contributed by atoms with Crippen molar-refractivity contribution in [1.82, 2.24) is 4.72 Å². The van der Waals surface area contributed by atoms with Crippen molar-refractivity contribution in [2.24, 2.45) is 5.92 Å². The lowest BCUT2D eigenvalue weighted by molar-refractivity contribution is -0.120. The van der Waals surface area contributed by atoms with Crippen molar-refractivity contribution >= 4 is 15.9 Å². The number of hydrogen-bond donors (Lipinski definition) is 1. The molecule has 0 spiro atoms. The van der Waals surface area contributed by atoms with Crippen LogP contribution in [0.15, 0.2) is 0 Å². The van der Waals surface area contributed by atoms with E-state index in [1.54, 1.807) is 0 Å². The summed E-state index contributed by atoms with van der Waals surface area (Å²) in [7, 11) is -5.55. The summed E-state index contributed by atoms with van der Waals surface area (Å²) in [6.07, 6.45) is 1.68. The van der Waals surface area contributed by atoms with Crippen molar-refractivity contribution in [3.63, 3.8) is 0 Å². The molecule has 102 valence electrons. The van der Waals surface area contributed by atoms with Gasteiger partial charge in [0.1, 0.15) is 0 Å². The molecule has 0 aromatic carbocycles. The highest BCUT2D eigenvalue weighted by molar-refractivity contribution is 7.90. The van der Waals surface area contributed by atoms with Gasteiger partial charge in [-0.2, -0.15) is 21.6 Å². The Morgan fingerprint density at radius 3 is 2.18 bits per heavy atom. The summed E-state index contributed by atoms with van der Waals surface area (Å²) in [5.74, 6) is -0.678. The van der Waals surface area contributed by atoms with Gasteiger partial charge in [-0.05, 0) is 12.3 Å². The minimum atomic E-state index is -5.55. The molecule has 0 rings (SSSR count). The second-order valence-corrected chi connectivity index (χ2v) is 5.79. The van der Waals surface area contributed by atoms with Gasteiger partial charge in [0.05, 0.1) is 0 Å².